The lowest BCUT2D eigenvalue weighted by molar-refractivity contribution is -0.140. The van der Waals surface area contributed by atoms with Gasteiger partial charge in [0.15, 0.2) is 0 Å². The molecule has 7 heteroatoms. The largest absolute Gasteiger partial charge is 0.507 e. The van der Waals surface area contributed by atoms with Crippen LogP contribution in [0.3, 0.4) is 0 Å². The molecule has 0 aliphatic carbocycles. The highest BCUT2D eigenvalue weighted by molar-refractivity contribution is 6.46. The molecule has 3 aromatic rings. The van der Waals surface area contributed by atoms with Crippen LogP contribution in [0, 0.1) is 11.7 Å². The van der Waals surface area contributed by atoms with Crippen molar-refractivity contribution in [2.24, 2.45) is 5.92 Å². The van der Waals surface area contributed by atoms with Gasteiger partial charge in [0, 0.05) is 24.5 Å². The number of benzene rings is 2. The van der Waals surface area contributed by atoms with Crippen molar-refractivity contribution in [3.8, 4) is 5.75 Å². The van der Waals surface area contributed by atoms with Gasteiger partial charge in [0.1, 0.15) is 17.3 Å². The van der Waals surface area contributed by atoms with E-state index in [4.69, 9.17) is 4.74 Å². The van der Waals surface area contributed by atoms with E-state index in [9.17, 15) is 19.1 Å². The second kappa shape index (κ2) is 10.5. The highest BCUT2D eigenvalue weighted by Gasteiger charge is 2.46. The summed E-state index contributed by atoms with van der Waals surface area (Å²) < 4.78 is 19.4. The molecule has 35 heavy (non-hydrogen) atoms. The topological polar surface area (TPSA) is 79.7 Å². The lowest BCUT2D eigenvalue weighted by Crippen LogP contribution is -2.29. The predicted octanol–water partition coefficient (Wildman–Crippen LogP) is 5.27. The van der Waals surface area contributed by atoms with Crippen molar-refractivity contribution in [3.05, 3.63) is 101 Å². The molecule has 0 saturated carbocycles. The Morgan fingerprint density at radius 1 is 1.09 bits per heavy atom. The van der Waals surface area contributed by atoms with Crippen LogP contribution in [0.5, 0.6) is 5.75 Å². The molecular formula is C28H27FN2O4. The summed E-state index contributed by atoms with van der Waals surface area (Å²) in [4.78, 5) is 31.8. The summed E-state index contributed by atoms with van der Waals surface area (Å²) in [7, 11) is 0. The fourth-order valence-corrected chi connectivity index (χ4v) is 4.02. The number of likely N-dealkylation sites (tertiary alicyclic amines) is 1. The summed E-state index contributed by atoms with van der Waals surface area (Å²) >= 11 is 0. The molecule has 1 aliphatic rings. The van der Waals surface area contributed by atoms with Crippen molar-refractivity contribution in [1.29, 1.82) is 0 Å². The average molecular weight is 475 g/mol. The fraction of sp³-hybridized carbons (Fsp3) is 0.250. The lowest BCUT2D eigenvalue weighted by Gasteiger charge is -2.26. The van der Waals surface area contributed by atoms with Gasteiger partial charge in [0.05, 0.1) is 18.2 Å². The van der Waals surface area contributed by atoms with Crippen LogP contribution in [-0.2, 0) is 16.1 Å². The first-order chi connectivity index (χ1) is 16.8. The van der Waals surface area contributed by atoms with E-state index in [0.29, 0.717) is 23.8 Å². The quantitative estimate of drug-likeness (QED) is 0.273. The standard InChI is InChI=1S/C28H27FN2O4/c1-18(2)12-15-35-23-5-3-4-21(16-23)25-24(26(32)20-6-8-22(29)9-7-20)27(33)28(34)31(25)17-19-10-13-30-14-11-19/h3-11,13-14,16,18,25,32H,12,15,17H2,1-2H3. The number of nitrogens with zero attached hydrogens (tertiary/aromatic N) is 2. The Kier molecular flexibility index (Phi) is 7.25. The number of Topliss-reactive ketones (excluding diaryl/α,β-unsaturated/α-hetero) is 1. The second-order valence-corrected chi connectivity index (χ2v) is 8.89. The highest BCUT2D eigenvalue weighted by atomic mass is 19.1. The molecule has 1 aromatic heterocycles. The van der Waals surface area contributed by atoms with Crippen LogP contribution in [-0.4, -0.2) is 33.3 Å². The normalized spacial score (nSPS) is 17.3. The molecule has 1 unspecified atom stereocenters. The number of aliphatic hydroxyl groups excluding tert-OH is 1. The smallest absolute Gasteiger partial charge is 0.295 e. The van der Waals surface area contributed by atoms with Crippen LogP contribution in [0.1, 0.15) is 43.0 Å². The van der Waals surface area contributed by atoms with E-state index in [-0.39, 0.29) is 23.4 Å². The summed E-state index contributed by atoms with van der Waals surface area (Å²) in [5, 5.41) is 11.1. The maximum absolute atomic E-state index is 13.5. The third-order valence-corrected chi connectivity index (χ3v) is 5.90. The number of aromatic nitrogens is 1. The number of halogens is 1. The zero-order valence-corrected chi connectivity index (χ0v) is 19.6. The van der Waals surface area contributed by atoms with E-state index in [1.807, 2.05) is 6.07 Å². The van der Waals surface area contributed by atoms with Gasteiger partial charge in [-0.25, -0.2) is 4.39 Å². The molecule has 4 rings (SSSR count). The van der Waals surface area contributed by atoms with Gasteiger partial charge in [-0.05, 0) is 72.0 Å². The van der Waals surface area contributed by atoms with Crippen LogP contribution in [0.25, 0.3) is 5.76 Å². The number of hydrogen-bond acceptors (Lipinski definition) is 5. The Morgan fingerprint density at radius 3 is 2.49 bits per heavy atom. The Hall–Kier alpha value is -4.00. The summed E-state index contributed by atoms with van der Waals surface area (Å²) in [6.07, 6.45) is 4.11. The fourth-order valence-electron chi connectivity index (χ4n) is 4.02. The molecule has 1 atom stereocenters. The third-order valence-electron chi connectivity index (χ3n) is 5.90. The van der Waals surface area contributed by atoms with E-state index in [0.717, 1.165) is 12.0 Å². The first kappa shape index (κ1) is 24.1. The minimum absolute atomic E-state index is 0.0463. The number of carbonyl (C=O) groups excluding carboxylic acids is 2. The molecular weight excluding hydrogens is 447 g/mol. The summed E-state index contributed by atoms with van der Waals surface area (Å²) in [6, 6.07) is 15.0. The Bertz CT molecular complexity index is 1240. The van der Waals surface area contributed by atoms with Gasteiger partial charge in [-0.3, -0.25) is 14.6 Å². The molecule has 2 heterocycles. The Balaban J connectivity index is 1.78. The zero-order chi connectivity index (χ0) is 24.9. The van der Waals surface area contributed by atoms with Gasteiger partial charge in [-0.15, -0.1) is 0 Å². The van der Waals surface area contributed by atoms with Crippen LogP contribution in [0.2, 0.25) is 0 Å². The highest BCUT2D eigenvalue weighted by Crippen LogP contribution is 2.41. The number of ketones is 1. The van der Waals surface area contributed by atoms with Crippen molar-refractivity contribution in [2.75, 3.05) is 6.61 Å². The molecule has 0 spiro atoms. The molecule has 1 aliphatic heterocycles. The van der Waals surface area contributed by atoms with Gasteiger partial charge in [0.2, 0.25) is 0 Å². The number of amides is 1. The number of ether oxygens (including phenoxy) is 1. The number of aliphatic hydroxyl groups is 1. The lowest BCUT2D eigenvalue weighted by atomic mass is 9.95. The molecule has 0 bridgehead atoms. The van der Waals surface area contributed by atoms with E-state index < -0.39 is 23.5 Å². The predicted molar refractivity (Wildman–Crippen MR) is 130 cm³/mol. The molecule has 1 N–H and O–H groups in total. The minimum Gasteiger partial charge on any atom is -0.507 e. The van der Waals surface area contributed by atoms with Crippen molar-refractivity contribution in [2.45, 2.75) is 32.9 Å². The monoisotopic (exact) mass is 474 g/mol. The molecule has 0 radical (unpaired) electrons. The van der Waals surface area contributed by atoms with Gasteiger partial charge in [-0.2, -0.15) is 0 Å². The van der Waals surface area contributed by atoms with E-state index >= 15 is 0 Å². The van der Waals surface area contributed by atoms with Crippen molar-refractivity contribution < 1.29 is 23.8 Å². The van der Waals surface area contributed by atoms with Gasteiger partial charge >= 0.3 is 0 Å². The van der Waals surface area contributed by atoms with Crippen LogP contribution >= 0.6 is 0 Å². The van der Waals surface area contributed by atoms with Crippen LogP contribution < -0.4 is 4.74 Å². The average Bonchev–Trinajstić information content (AvgIpc) is 3.09. The van der Waals surface area contributed by atoms with Crippen molar-refractivity contribution in [3.63, 3.8) is 0 Å². The summed E-state index contributed by atoms with van der Waals surface area (Å²) in [6.45, 7) is 4.91. The van der Waals surface area contributed by atoms with Gasteiger partial charge in [-0.1, -0.05) is 26.0 Å². The van der Waals surface area contributed by atoms with E-state index in [1.54, 1.807) is 42.7 Å². The maximum Gasteiger partial charge on any atom is 0.295 e. The molecule has 180 valence electrons. The first-order valence-corrected chi connectivity index (χ1v) is 11.5. The Morgan fingerprint density at radius 2 is 1.80 bits per heavy atom. The van der Waals surface area contributed by atoms with Gasteiger partial charge in [0.25, 0.3) is 11.7 Å². The number of hydrogen-bond donors (Lipinski definition) is 1. The third kappa shape index (κ3) is 5.40. The molecule has 1 amide bonds. The maximum atomic E-state index is 13.5. The van der Waals surface area contributed by atoms with E-state index in [2.05, 4.69) is 18.8 Å². The van der Waals surface area contributed by atoms with Gasteiger partial charge < -0.3 is 14.7 Å². The van der Waals surface area contributed by atoms with Crippen LogP contribution in [0.4, 0.5) is 4.39 Å². The first-order valence-electron chi connectivity index (χ1n) is 11.5. The molecule has 2 aromatic carbocycles. The summed E-state index contributed by atoms with van der Waals surface area (Å²) in [5.74, 6) is -1.24. The summed E-state index contributed by atoms with van der Waals surface area (Å²) in [5.41, 5.74) is 1.62. The molecule has 1 saturated heterocycles. The van der Waals surface area contributed by atoms with Crippen molar-refractivity contribution in [1.82, 2.24) is 9.88 Å². The molecule has 1 fully saturated rings. The zero-order valence-electron chi connectivity index (χ0n) is 19.6. The second-order valence-electron chi connectivity index (χ2n) is 8.89. The molecule has 6 nitrogen and oxygen atoms in total. The van der Waals surface area contributed by atoms with Crippen LogP contribution in [0.15, 0.2) is 78.6 Å². The minimum atomic E-state index is -0.845. The number of pyridine rings is 1. The number of carbonyl (C=O) groups is 2. The Labute approximate surface area is 203 Å². The number of rotatable bonds is 8. The SMILES string of the molecule is CC(C)CCOc1cccc(C2C(=C(O)c3ccc(F)cc3)C(=O)C(=O)N2Cc2ccncc2)c1. The van der Waals surface area contributed by atoms with Crippen molar-refractivity contribution >= 4 is 17.4 Å². The van der Waals surface area contributed by atoms with E-state index in [1.165, 1.54) is 29.2 Å².